The lowest BCUT2D eigenvalue weighted by Crippen LogP contribution is -2.10. The molecule has 3 aromatic heterocycles. The summed E-state index contributed by atoms with van der Waals surface area (Å²) in [4.78, 5) is 17.9. The minimum atomic E-state index is -0.162. The van der Waals surface area contributed by atoms with E-state index in [1.165, 1.54) is 28.2 Å². The number of ether oxygens (including phenoxy) is 1. The minimum Gasteiger partial charge on any atom is -0.489 e. The Balaban J connectivity index is 1.40. The van der Waals surface area contributed by atoms with Gasteiger partial charge in [0.05, 0.1) is 16.8 Å². The molecule has 1 N–H and O–H groups in total. The Hall–Kier alpha value is -2.97. The lowest BCUT2D eigenvalue weighted by atomic mass is 10.1. The first kappa shape index (κ1) is 21.3. The molecule has 0 bridgehead atoms. The number of hydrogen-bond acceptors (Lipinski definition) is 6. The van der Waals surface area contributed by atoms with Gasteiger partial charge in [0.15, 0.2) is 5.13 Å². The van der Waals surface area contributed by atoms with Gasteiger partial charge >= 0.3 is 0 Å². The molecule has 0 aliphatic carbocycles. The summed E-state index contributed by atoms with van der Waals surface area (Å²) in [6.45, 7) is 9.43. The number of aromatic nitrogens is 3. The van der Waals surface area contributed by atoms with Crippen LogP contribution < -0.4 is 10.1 Å². The summed E-state index contributed by atoms with van der Waals surface area (Å²) in [6, 6.07) is 7.89. The summed E-state index contributed by atoms with van der Waals surface area (Å²) in [5.41, 5.74) is 6.18. The smallest absolute Gasteiger partial charge is 0.267 e. The van der Waals surface area contributed by atoms with Gasteiger partial charge in [-0.15, -0.1) is 22.7 Å². The van der Waals surface area contributed by atoms with E-state index in [0.717, 1.165) is 40.4 Å². The summed E-state index contributed by atoms with van der Waals surface area (Å²) in [7, 11) is 0. The van der Waals surface area contributed by atoms with Gasteiger partial charge in [-0.05, 0) is 56.3 Å². The zero-order chi connectivity index (χ0) is 22.0. The fourth-order valence-electron chi connectivity index (χ4n) is 3.24. The van der Waals surface area contributed by atoms with E-state index in [1.54, 1.807) is 0 Å². The summed E-state index contributed by atoms with van der Waals surface area (Å²) in [5, 5.41) is 11.7. The molecule has 1 aromatic carbocycles. The van der Waals surface area contributed by atoms with Crippen molar-refractivity contribution >= 4 is 33.7 Å². The van der Waals surface area contributed by atoms with Gasteiger partial charge in [-0.1, -0.05) is 12.1 Å². The largest absolute Gasteiger partial charge is 0.489 e. The summed E-state index contributed by atoms with van der Waals surface area (Å²) in [6.07, 6.45) is 1.82. The molecule has 0 spiro atoms. The van der Waals surface area contributed by atoms with Crippen molar-refractivity contribution in [2.24, 2.45) is 0 Å². The van der Waals surface area contributed by atoms with E-state index < -0.39 is 0 Å². The number of aryl methyl sites for hydroxylation is 2. The highest BCUT2D eigenvalue weighted by Gasteiger charge is 2.15. The highest BCUT2D eigenvalue weighted by molar-refractivity contribution is 7.14. The number of hydrogen-bond donors (Lipinski definition) is 1. The van der Waals surface area contributed by atoms with Crippen molar-refractivity contribution in [2.75, 3.05) is 5.32 Å². The number of carbonyl (C=O) groups is 1. The molecule has 0 radical (unpaired) electrons. The number of thiazole rings is 1. The molecule has 160 valence electrons. The quantitative estimate of drug-likeness (QED) is 0.382. The topological polar surface area (TPSA) is 69.0 Å². The van der Waals surface area contributed by atoms with Crippen molar-refractivity contribution in [1.29, 1.82) is 0 Å². The SMILES string of the molecule is CCn1ncc(-c2csc(NC(=O)c3cc(COc4cccc(C)c4C)cs3)n2)c1C. The van der Waals surface area contributed by atoms with Crippen molar-refractivity contribution in [3.8, 4) is 17.0 Å². The molecule has 0 saturated carbocycles. The lowest BCUT2D eigenvalue weighted by Gasteiger charge is -2.09. The average Bonchev–Trinajstić information content (AvgIpc) is 3.49. The Bertz CT molecular complexity index is 1220. The fourth-order valence-corrected chi connectivity index (χ4v) is 4.74. The number of carbonyl (C=O) groups excluding carboxylic acids is 1. The van der Waals surface area contributed by atoms with E-state index in [9.17, 15) is 4.79 Å². The molecule has 0 fully saturated rings. The number of nitrogens with zero attached hydrogens (tertiary/aromatic N) is 3. The van der Waals surface area contributed by atoms with Crippen LogP contribution in [0.25, 0.3) is 11.3 Å². The third-order valence-electron chi connectivity index (χ3n) is 5.23. The summed E-state index contributed by atoms with van der Waals surface area (Å²) < 4.78 is 7.88. The van der Waals surface area contributed by atoms with Crippen LogP contribution in [0.2, 0.25) is 0 Å². The molecule has 0 atom stereocenters. The van der Waals surface area contributed by atoms with Crippen LogP contribution in [0.5, 0.6) is 5.75 Å². The average molecular weight is 453 g/mol. The number of rotatable bonds is 7. The van der Waals surface area contributed by atoms with Crippen molar-refractivity contribution in [3.63, 3.8) is 0 Å². The first-order valence-electron chi connectivity index (χ1n) is 10.0. The Kier molecular flexibility index (Phi) is 6.20. The maximum absolute atomic E-state index is 12.7. The lowest BCUT2D eigenvalue weighted by molar-refractivity contribution is 0.103. The monoisotopic (exact) mass is 452 g/mol. The van der Waals surface area contributed by atoms with E-state index in [1.807, 2.05) is 53.7 Å². The van der Waals surface area contributed by atoms with Gasteiger partial charge in [-0.25, -0.2) is 4.98 Å². The van der Waals surface area contributed by atoms with Gasteiger partial charge in [0.25, 0.3) is 5.91 Å². The maximum atomic E-state index is 12.7. The van der Waals surface area contributed by atoms with Crippen LogP contribution in [0.1, 0.15) is 39.0 Å². The molecule has 0 aliphatic rings. The minimum absolute atomic E-state index is 0.162. The number of thiophene rings is 1. The van der Waals surface area contributed by atoms with E-state index in [0.29, 0.717) is 16.6 Å². The predicted molar refractivity (Wildman–Crippen MR) is 126 cm³/mol. The molecule has 0 saturated heterocycles. The molecular weight excluding hydrogens is 428 g/mol. The van der Waals surface area contributed by atoms with Crippen molar-refractivity contribution in [2.45, 2.75) is 40.8 Å². The Morgan fingerprint density at radius 3 is 2.81 bits per heavy atom. The van der Waals surface area contributed by atoms with Gasteiger partial charge in [0.2, 0.25) is 0 Å². The van der Waals surface area contributed by atoms with E-state index in [-0.39, 0.29) is 5.91 Å². The van der Waals surface area contributed by atoms with E-state index in [4.69, 9.17) is 4.74 Å². The standard InChI is InChI=1S/C23H24N4O2S2/c1-5-27-16(4)18(10-24-27)19-13-31-23(25-19)26-22(28)21-9-17(12-30-21)11-29-20-8-6-7-14(2)15(20)3/h6-10,12-13H,5,11H2,1-4H3,(H,25,26,28). The van der Waals surface area contributed by atoms with Crippen LogP contribution in [-0.4, -0.2) is 20.7 Å². The maximum Gasteiger partial charge on any atom is 0.267 e. The fraction of sp³-hybridized carbons (Fsp3) is 0.261. The van der Waals surface area contributed by atoms with Gasteiger partial charge < -0.3 is 4.74 Å². The second-order valence-electron chi connectivity index (χ2n) is 7.26. The van der Waals surface area contributed by atoms with Crippen LogP contribution in [-0.2, 0) is 13.2 Å². The highest BCUT2D eigenvalue weighted by atomic mass is 32.1. The number of anilines is 1. The van der Waals surface area contributed by atoms with Gasteiger partial charge in [0.1, 0.15) is 12.4 Å². The Morgan fingerprint density at radius 2 is 2.03 bits per heavy atom. The molecule has 4 rings (SSSR count). The van der Waals surface area contributed by atoms with Crippen molar-refractivity contribution < 1.29 is 9.53 Å². The molecule has 31 heavy (non-hydrogen) atoms. The normalized spacial score (nSPS) is 11.0. The predicted octanol–water partition coefficient (Wildman–Crippen LogP) is 5.84. The number of benzene rings is 1. The van der Waals surface area contributed by atoms with Crippen LogP contribution >= 0.6 is 22.7 Å². The van der Waals surface area contributed by atoms with Crippen molar-refractivity contribution in [1.82, 2.24) is 14.8 Å². The number of nitrogens with one attached hydrogen (secondary N) is 1. The Labute approximate surface area is 189 Å². The van der Waals surface area contributed by atoms with Crippen LogP contribution in [0.4, 0.5) is 5.13 Å². The van der Waals surface area contributed by atoms with Crippen LogP contribution in [0.15, 0.2) is 41.2 Å². The molecular formula is C23H24N4O2S2. The second kappa shape index (κ2) is 9.03. The molecule has 1 amide bonds. The molecule has 4 aromatic rings. The van der Waals surface area contributed by atoms with Crippen molar-refractivity contribution in [3.05, 3.63) is 68.5 Å². The molecule has 8 heteroatoms. The van der Waals surface area contributed by atoms with Gasteiger partial charge in [0, 0.05) is 28.7 Å². The Morgan fingerprint density at radius 1 is 1.19 bits per heavy atom. The molecule has 0 unspecified atom stereocenters. The zero-order valence-electron chi connectivity index (χ0n) is 17.9. The highest BCUT2D eigenvalue weighted by Crippen LogP contribution is 2.28. The first-order chi connectivity index (χ1) is 15.0. The molecule has 3 heterocycles. The van der Waals surface area contributed by atoms with E-state index >= 15 is 0 Å². The van der Waals surface area contributed by atoms with Crippen LogP contribution in [0.3, 0.4) is 0 Å². The molecule has 6 nitrogen and oxygen atoms in total. The zero-order valence-corrected chi connectivity index (χ0v) is 19.6. The van der Waals surface area contributed by atoms with Gasteiger partial charge in [-0.2, -0.15) is 5.10 Å². The van der Waals surface area contributed by atoms with E-state index in [2.05, 4.69) is 35.3 Å². The molecule has 0 aliphatic heterocycles. The number of amides is 1. The van der Waals surface area contributed by atoms with Crippen LogP contribution in [0, 0.1) is 20.8 Å². The third kappa shape index (κ3) is 4.55. The first-order valence-corrected chi connectivity index (χ1v) is 11.8. The summed E-state index contributed by atoms with van der Waals surface area (Å²) >= 11 is 2.81. The third-order valence-corrected chi connectivity index (χ3v) is 6.97. The summed E-state index contributed by atoms with van der Waals surface area (Å²) in [5.74, 6) is 0.707. The van der Waals surface area contributed by atoms with Gasteiger partial charge in [-0.3, -0.25) is 14.8 Å². The second-order valence-corrected chi connectivity index (χ2v) is 9.03.